The maximum atomic E-state index is 6.12. The zero-order valence-corrected chi connectivity index (χ0v) is 9.87. The van der Waals surface area contributed by atoms with Gasteiger partial charge in [-0.25, -0.2) is 4.98 Å². The van der Waals surface area contributed by atoms with Crippen molar-refractivity contribution in [3.8, 4) is 0 Å². The summed E-state index contributed by atoms with van der Waals surface area (Å²) in [5, 5.41) is 3.35. The number of hydrogen-bond donors (Lipinski definition) is 2. The van der Waals surface area contributed by atoms with Crippen molar-refractivity contribution in [2.24, 2.45) is 0 Å². The van der Waals surface area contributed by atoms with Crippen LogP contribution in [0.1, 0.15) is 29.8 Å². The van der Waals surface area contributed by atoms with Gasteiger partial charge in [-0.3, -0.25) is 0 Å². The van der Waals surface area contributed by atoms with E-state index >= 15 is 0 Å². The molecule has 88 valence electrons. The van der Waals surface area contributed by atoms with Crippen molar-refractivity contribution in [3.05, 3.63) is 41.2 Å². The van der Waals surface area contributed by atoms with Crippen LogP contribution in [-0.2, 0) is 13.0 Å². The van der Waals surface area contributed by atoms with Gasteiger partial charge in [0.15, 0.2) is 0 Å². The Kier molecular flexibility index (Phi) is 2.69. The van der Waals surface area contributed by atoms with E-state index in [0.717, 1.165) is 49.4 Å². The summed E-state index contributed by atoms with van der Waals surface area (Å²) >= 11 is 0. The van der Waals surface area contributed by atoms with Gasteiger partial charge in [0.05, 0.1) is 17.1 Å². The first-order valence-corrected chi connectivity index (χ1v) is 6.20. The number of nitrogens with zero attached hydrogens (tertiary/aromatic N) is 1. The molecule has 3 nitrogen and oxygen atoms in total. The Bertz CT molecular complexity index is 500. The monoisotopic (exact) mass is 227 g/mol. The highest BCUT2D eigenvalue weighted by molar-refractivity contribution is 5.79. The quantitative estimate of drug-likeness (QED) is 0.772. The van der Waals surface area contributed by atoms with Gasteiger partial charge in [-0.2, -0.15) is 0 Å². The van der Waals surface area contributed by atoms with Gasteiger partial charge in [0, 0.05) is 6.54 Å². The summed E-state index contributed by atoms with van der Waals surface area (Å²) in [6, 6.07) is 2.10. The second-order valence-electron chi connectivity index (χ2n) is 4.60. The standard InChI is InChI=1S/C14H17N3/c15-12-8-11-6-7-16-9-13(11)17-14(12)10-4-2-1-3-5-10/h2,4-5,8,16H,1,3,6-7,9,15H2. The fourth-order valence-electron chi connectivity index (χ4n) is 2.43. The van der Waals surface area contributed by atoms with E-state index in [9.17, 15) is 0 Å². The first-order valence-electron chi connectivity index (χ1n) is 6.20. The minimum atomic E-state index is 0.809. The number of hydrogen-bond acceptors (Lipinski definition) is 3. The van der Waals surface area contributed by atoms with Crippen molar-refractivity contribution >= 4 is 11.3 Å². The van der Waals surface area contributed by atoms with E-state index in [4.69, 9.17) is 10.7 Å². The molecule has 0 saturated heterocycles. The van der Waals surface area contributed by atoms with Crippen LogP contribution < -0.4 is 11.1 Å². The third-order valence-corrected chi connectivity index (χ3v) is 3.35. The Labute approximate surface area is 101 Å². The molecule has 1 aromatic rings. The Morgan fingerprint density at radius 1 is 1.29 bits per heavy atom. The highest BCUT2D eigenvalue weighted by Crippen LogP contribution is 2.27. The van der Waals surface area contributed by atoms with E-state index in [1.807, 2.05) is 0 Å². The van der Waals surface area contributed by atoms with Crippen molar-refractivity contribution in [1.29, 1.82) is 0 Å². The molecule has 3 N–H and O–H groups in total. The number of pyridine rings is 1. The molecule has 0 unspecified atom stereocenters. The van der Waals surface area contributed by atoms with Crippen molar-refractivity contribution in [1.82, 2.24) is 10.3 Å². The lowest BCUT2D eigenvalue weighted by molar-refractivity contribution is 0.627. The number of rotatable bonds is 1. The normalized spacial score (nSPS) is 18.7. The highest BCUT2D eigenvalue weighted by Gasteiger charge is 2.15. The molecule has 0 atom stereocenters. The molecule has 3 rings (SSSR count). The van der Waals surface area contributed by atoms with Crippen LogP contribution in [0.25, 0.3) is 5.57 Å². The zero-order valence-electron chi connectivity index (χ0n) is 9.87. The Hall–Kier alpha value is -1.61. The van der Waals surface area contributed by atoms with Gasteiger partial charge in [-0.15, -0.1) is 0 Å². The first kappa shape index (κ1) is 10.5. The van der Waals surface area contributed by atoms with Crippen molar-refractivity contribution in [2.45, 2.75) is 25.8 Å². The molecule has 1 aliphatic heterocycles. The summed E-state index contributed by atoms with van der Waals surface area (Å²) < 4.78 is 0. The van der Waals surface area contributed by atoms with Gasteiger partial charge in [-0.1, -0.05) is 18.2 Å². The van der Waals surface area contributed by atoms with Crippen LogP contribution in [-0.4, -0.2) is 11.5 Å². The lowest BCUT2D eigenvalue weighted by atomic mass is 9.99. The average Bonchev–Trinajstić information content (AvgIpc) is 2.39. The Morgan fingerprint density at radius 2 is 2.24 bits per heavy atom. The molecule has 0 amide bonds. The van der Waals surface area contributed by atoms with Gasteiger partial charge in [0.2, 0.25) is 0 Å². The van der Waals surface area contributed by atoms with E-state index in [2.05, 4.69) is 29.6 Å². The molecule has 2 heterocycles. The number of nitrogens with two attached hydrogens (primary N) is 1. The summed E-state index contributed by atoms with van der Waals surface area (Å²) in [6.45, 7) is 1.88. The van der Waals surface area contributed by atoms with Gasteiger partial charge >= 0.3 is 0 Å². The maximum Gasteiger partial charge on any atom is 0.0931 e. The average molecular weight is 227 g/mol. The van der Waals surface area contributed by atoms with Crippen LogP contribution >= 0.6 is 0 Å². The Balaban J connectivity index is 2.05. The predicted molar refractivity (Wildman–Crippen MR) is 70.4 cm³/mol. The summed E-state index contributed by atoms with van der Waals surface area (Å²) in [6.07, 6.45) is 9.78. The topological polar surface area (TPSA) is 50.9 Å². The van der Waals surface area contributed by atoms with Crippen molar-refractivity contribution < 1.29 is 0 Å². The molecule has 2 aliphatic rings. The third kappa shape index (κ3) is 1.98. The van der Waals surface area contributed by atoms with E-state index in [1.54, 1.807) is 0 Å². The van der Waals surface area contributed by atoms with Gasteiger partial charge in [-0.05, 0) is 43.0 Å². The molecule has 17 heavy (non-hydrogen) atoms. The molecule has 0 radical (unpaired) electrons. The summed E-state index contributed by atoms with van der Waals surface area (Å²) in [5.41, 5.74) is 11.5. The van der Waals surface area contributed by atoms with Crippen LogP contribution in [0.3, 0.4) is 0 Å². The summed E-state index contributed by atoms with van der Waals surface area (Å²) in [4.78, 5) is 4.73. The van der Waals surface area contributed by atoms with E-state index in [-0.39, 0.29) is 0 Å². The van der Waals surface area contributed by atoms with Crippen molar-refractivity contribution in [2.75, 3.05) is 12.3 Å². The summed E-state index contributed by atoms with van der Waals surface area (Å²) in [7, 11) is 0. The number of nitrogen functional groups attached to an aromatic ring is 1. The molecule has 0 aromatic carbocycles. The Morgan fingerprint density at radius 3 is 3.06 bits per heavy atom. The number of allylic oxidation sites excluding steroid dienone is 4. The van der Waals surface area contributed by atoms with Crippen LogP contribution in [0.2, 0.25) is 0 Å². The lowest BCUT2D eigenvalue weighted by Crippen LogP contribution is -2.25. The van der Waals surface area contributed by atoms with E-state index in [0.29, 0.717) is 0 Å². The second-order valence-corrected chi connectivity index (χ2v) is 4.60. The molecule has 0 bridgehead atoms. The molecule has 3 heteroatoms. The van der Waals surface area contributed by atoms with Crippen molar-refractivity contribution in [3.63, 3.8) is 0 Å². The zero-order chi connectivity index (χ0) is 11.7. The smallest absolute Gasteiger partial charge is 0.0931 e. The molecule has 0 spiro atoms. The molecular weight excluding hydrogens is 210 g/mol. The molecule has 0 fully saturated rings. The molecular formula is C14H17N3. The van der Waals surface area contributed by atoms with Crippen LogP contribution in [0.4, 0.5) is 5.69 Å². The number of aromatic nitrogens is 1. The highest BCUT2D eigenvalue weighted by atomic mass is 14.9. The van der Waals surface area contributed by atoms with Gasteiger partial charge < -0.3 is 11.1 Å². The van der Waals surface area contributed by atoms with E-state index < -0.39 is 0 Å². The predicted octanol–water partition coefficient (Wildman–Crippen LogP) is 2.04. The fourth-order valence-corrected chi connectivity index (χ4v) is 2.43. The maximum absolute atomic E-state index is 6.12. The minimum absolute atomic E-state index is 0.809. The largest absolute Gasteiger partial charge is 0.397 e. The van der Waals surface area contributed by atoms with E-state index in [1.165, 1.54) is 11.1 Å². The van der Waals surface area contributed by atoms with Crippen LogP contribution in [0, 0.1) is 0 Å². The number of anilines is 1. The van der Waals surface area contributed by atoms with Crippen LogP contribution in [0.5, 0.6) is 0 Å². The van der Waals surface area contributed by atoms with Gasteiger partial charge in [0.25, 0.3) is 0 Å². The van der Waals surface area contributed by atoms with Crippen LogP contribution in [0.15, 0.2) is 24.3 Å². The minimum Gasteiger partial charge on any atom is -0.397 e. The lowest BCUT2D eigenvalue weighted by Gasteiger charge is -2.19. The number of nitrogens with one attached hydrogen (secondary N) is 1. The SMILES string of the molecule is Nc1cc2c(nc1C1=CCCC=C1)CNCC2. The third-order valence-electron chi connectivity index (χ3n) is 3.35. The summed E-state index contributed by atoms with van der Waals surface area (Å²) in [5.74, 6) is 0. The molecule has 0 saturated carbocycles. The first-order chi connectivity index (χ1) is 8.34. The number of fused-ring (bicyclic) bond motifs is 1. The fraction of sp³-hybridized carbons (Fsp3) is 0.357. The second kappa shape index (κ2) is 4.34. The molecule has 1 aromatic heterocycles. The van der Waals surface area contributed by atoms with Gasteiger partial charge in [0.1, 0.15) is 0 Å². The molecule has 1 aliphatic carbocycles.